The number of nitrogens with zero attached hydrogens (tertiary/aromatic N) is 1. The van der Waals surface area contributed by atoms with Crippen molar-refractivity contribution in [1.29, 1.82) is 0 Å². The largest absolute Gasteiger partial charge is 0.339 e. The lowest BCUT2D eigenvalue weighted by molar-refractivity contribution is -0.127. The molecule has 13 heavy (non-hydrogen) atoms. The maximum absolute atomic E-state index is 11.2. The number of hydrogen-bond donors (Lipinski definition) is 0. The van der Waals surface area contributed by atoms with Crippen molar-refractivity contribution in [2.24, 2.45) is 0 Å². The first-order chi connectivity index (χ1) is 6.27. The number of carbonyl (C=O) groups excluding carboxylic acids is 1. The van der Waals surface area contributed by atoms with Gasteiger partial charge in [-0.2, -0.15) is 0 Å². The number of amides is 1. The molecule has 3 nitrogen and oxygen atoms in total. The van der Waals surface area contributed by atoms with E-state index < -0.39 is 0 Å². The van der Waals surface area contributed by atoms with Crippen LogP contribution in [0.25, 0.3) is 0 Å². The number of hydrogen-bond acceptors (Lipinski definition) is 3. The van der Waals surface area contributed by atoms with Crippen molar-refractivity contribution in [3.05, 3.63) is 12.7 Å². The molecule has 0 aliphatic carbocycles. The van der Waals surface area contributed by atoms with Gasteiger partial charge in [0.2, 0.25) is 5.91 Å². The van der Waals surface area contributed by atoms with Crippen LogP contribution in [-0.2, 0) is 8.98 Å². The molecule has 5 heteroatoms. The number of halogens is 1. The third-order valence-electron chi connectivity index (χ3n) is 2.10. The zero-order chi connectivity index (χ0) is 9.68. The predicted octanol–water partition coefficient (Wildman–Crippen LogP) is 2.18. The molecule has 0 N–H and O–H groups in total. The minimum absolute atomic E-state index is 0.0283. The normalized spacial score (nSPS) is 18.7. The highest BCUT2D eigenvalue weighted by molar-refractivity contribution is 14.2. The molecule has 1 fully saturated rings. The van der Waals surface area contributed by atoms with Gasteiger partial charge < -0.3 is 9.08 Å². The first-order valence-electron chi connectivity index (χ1n) is 4.13. The summed E-state index contributed by atoms with van der Waals surface area (Å²) in [6, 6.07) is 0. The molecule has 0 aromatic carbocycles. The summed E-state index contributed by atoms with van der Waals surface area (Å²) in [5, 5.41) is 0. The molecule has 1 heterocycles. The third kappa shape index (κ3) is 3.47. The predicted molar refractivity (Wildman–Crippen MR) is 62.5 cm³/mol. The lowest BCUT2D eigenvalue weighted by Crippen LogP contribution is -2.39. The molecule has 0 saturated carbocycles. The number of likely N-dealkylation sites (tertiary alicyclic amines) is 1. The number of rotatable bonds is 3. The summed E-state index contributed by atoms with van der Waals surface area (Å²) in [5.41, 5.74) is 0. The summed E-state index contributed by atoms with van der Waals surface area (Å²) in [4.78, 5) is 13.0. The van der Waals surface area contributed by atoms with Crippen LogP contribution in [0, 0.1) is 0 Å². The Morgan fingerprint density at radius 1 is 1.62 bits per heavy atom. The van der Waals surface area contributed by atoms with E-state index >= 15 is 0 Å². The molecule has 0 aromatic heterocycles. The molecule has 0 unspecified atom stereocenters. The van der Waals surface area contributed by atoms with Gasteiger partial charge in [-0.15, -0.1) is 0 Å². The summed E-state index contributed by atoms with van der Waals surface area (Å²) in [5.74, 6) is 0.0283. The van der Waals surface area contributed by atoms with Crippen LogP contribution in [0.5, 0.6) is 0 Å². The smallest absolute Gasteiger partial charge is 0.245 e. The van der Waals surface area contributed by atoms with Crippen molar-refractivity contribution in [3.63, 3.8) is 0 Å². The Balaban J connectivity index is 2.30. The Kier molecular flexibility index (Phi) is 5.12. The quantitative estimate of drug-likeness (QED) is 0.454. The fourth-order valence-corrected chi connectivity index (χ4v) is 2.53. The van der Waals surface area contributed by atoms with E-state index in [2.05, 4.69) is 27.8 Å². The second-order valence-corrected chi connectivity index (χ2v) is 4.29. The molecule has 1 saturated heterocycles. The van der Waals surface area contributed by atoms with Crippen LogP contribution in [0.15, 0.2) is 12.7 Å². The van der Waals surface area contributed by atoms with Crippen molar-refractivity contribution < 1.29 is 8.98 Å². The van der Waals surface area contributed by atoms with Gasteiger partial charge in [0, 0.05) is 34.3 Å². The second-order valence-electron chi connectivity index (χ2n) is 2.89. The summed E-state index contributed by atoms with van der Waals surface area (Å²) in [6.07, 6.45) is 3.52. The van der Waals surface area contributed by atoms with Crippen LogP contribution in [0.4, 0.5) is 0 Å². The van der Waals surface area contributed by atoms with Crippen molar-refractivity contribution in [3.8, 4) is 0 Å². The van der Waals surface area contributed by atoms with E-state index in [1.54, 1.807) is 0 Å². The van der Waals surface area contributed by atoms with Crippen molar-refractivity contribution >= 4 is 36.3 Å². The van der Waals surface area contributed by atoms with E-state index in [9.17, 15) is 4.79 Å². The van der Waals surface area contributed by atoms with Gasteiger partial charge in [-0.25, -0.2) is 0 Å². The topological polar surface area (TPSA) is 29.5 Å². The van der Waals surface area contributed by atoms with Crippen LogP contribution in [0.3, 0.4) is 0 Å². The molecule has 1 aliphatic heterocycles. The standard InChI is InChI=1S/C8H12INO2S/c1-2-8(11)10-5-3-7(4-6-10)12-13-9/h2,7H,1,3-6H2. The Morgan fingerprint density at radius 2 is 2.23 bits per heavy atom. The molecule has 0 atom stereocenters. The average molecular weight is 313 g/mol. The minimum atomic E-state index is 0.0283. The molecular weight excluding hydrogens is 301 g/mol. The number of carbonyl (C=O) groups is 1. The Hall–Kier alpha value is 0.250. The van der Waals surface area contributed by atoms with E-state index in [4.69, 9.17) is 4.18 Å². The van der Waals surface area contributed by atoms with Crippen molar-refractivity contribution in [2.45, 2.75) is 18.9 Å². The minimum Gasteiger partial charge on any atom is -0.339 e. The van der Waals surface area contributed by atoms with E-state index in [0.717, 1.165) is 25.9 Å². The van der Waals surface area contributed by atoms with Crippen LogP contribution in [0.1, 0.15) is 12.8 Å². The molecule has 0 aromatic rings. The van der Waals surface area contributed by atoms with E-state index in [0.29, 0.717) is 6.10 Å². The Labute approximate surface area is 94.7 Å². The zero-order valence-electron chi connectivity index (χ0n) is 7.24. The molecule has 0 bridgehead atoms. The molecule has 1 rings (SSSR count). The third-order valence-corrected chi connectivity index (χ3v) is 3.07. The molecule has 0 spiro atoms. The maximum atomic E-state index is 11.2. The zero-order valence-corrected chi connectivity index (χ0v) is 10.2. The lowest BCUT2D eigenvalue weighted by Gasteiger charge is -2.30. The molecule has 0 radical (unpaired) electrons. The Morgan fingerprint density at radius 3 is 2.69 bits per heavy atom. The van der Waals surface area contributed by atoms with Crippen LogP contribution in [0.2, 0.25) is 0 Å². The van der Waals surface area contributed by atoms with E-state index in [1.165, 1.54) is 15.3 Å². The van der Waals surface area contributed by atoms with Gasteiger partial charge in [-0.1, -0.05) is 6.58 Å². The van der Waals surface area contributed by atoms with E-state index in [1.807, 2.05) is 4.90 Å². The van der Waals surface area contributed by atoms with Gasteiger partial charge in [0.25, 0.3) is 0 Å². The maximum Gasteiger partial charge on any atom is 0.245 e. The number of piperidine rings is 1. The second kappa shape index (κ2) is 5.87. The summed E-state index contributed by atoms with van der Waals surface area (Å²) in [6.45, 7) is 5.03. The fourth-order valence-electron chi connectivity index (χ4n) is 1.35. The molecule has 74 valence electrons. The molecule has 1 amide bonds. The highest BCUT2D eigenvalue weighted by atomic mass is 127. The highest BCUT2D eigenvalue weighted by Gasteiger charge is 2.21. The Bertz CT molecular complexity index is 193. The lowest BCUT2D eigenvalue weighted by atomic mass is 10.1. The molecule has 1 aliphatic rings. The van der Waals surface area contributed by atoms with Gasteiger partial charge in [0.1, 0.15) is 0 Å². The first-order valence-corrected chi connectivity index (χ1v) is 7.41. The van der Waals surface area contributed by atoms with Gasteiger partial charge in [0.05, 0.1) is 15.3 Å². The highest BCUT2D eigenvalue weighted by Crippen LogP contribution is 2.22. The van der Waals surface area contributed by atoms with Gasteiger partial charge in [-0.05, 0) is 18.9 Å². The van der Waals surface area contributed by atoms with Gasteiger partial charge in [-0.3, -0.25) is 4.79 Å². The summed E-state index contributed by atoms with van der Waals surface area (Å²) < 4.78 is 5.38. The van der Waals surface area contributed by atoms with Crippen molar-refractivity contribution in [2.75, 3.05) is 13.1 Å². The monoisotopic (exact) mass is 313 g/mol. The fraction of sp³-hybridized carbons (Fsp3) is 0.625. The summed E-state index contributed by atoms with van der Waals surface area (Å²) >= 11 is 2.11. The molecular formula is C8H12INO2S. The van der Waals surface area contributed by atoms with Crippen molar-refractivity contribution in [1.82, 2.24) is 4.90 Å². The summed E-state index contributed by atoms with van der Waals surface area (Å²) in [7, 11) is 1.37. The average Bonchev–Trinajstić information content (AvgIpc) is 2.18. The van der Waals surface area contributed by atoms with Gasteiger partial charge >= 0.3 is 0 Å². The van der Waals surface area contributed by atoms with Crippen LogP contribution < -0.4 is 0 Å². The van der Waals surface area contributed by atoms with Gasteiger partial charge in [0.15, 0.2) is 0 Å². The first kappa shape index (κ1) is 11.3. The SMILES string of the molecule is C=CC(=O)N1CCC(OSI)CC1. The van der Waals surface area contributed by atoms with Crippen LogP contribution >= 0.6 is 30.4 Å². The van der Waals surface area contributed by atoms with Crippen LogP contribution in [-0.4, -0.2) is 30.0 Å². The van der Waals surface area contributed by atoms with E-state index in [-0.39, 0.29) is 5.91 Å².